The Bertz CT molecular complexity index is 1240. The molecule has 6 nitrogen and oxygen atoms in total. The van der Waals surface area contributed by atoms with E-state index in [2.05, 4.69) is 10.3 Å². The summed E-state index contributed by atoms with van der Waals surface area (Å²) in [5.74, 6) is -0.106. The third-order valence-electron chi connectivity index (χ3n) is 4.34. The van der Waals surface area contributed by atoms with Crippen LogP contribution in [0.25, 0.3) is 11.3 Å². The summed E-state index contributed by atoms with van der Waals surface area (Å²) >= 11 is 1.26. The fraction of sp³-hybridized carbons (Fsp3) is 0. The molecule has 0 spiro atoms. The fourth-order valence-corrected chi connectivity index (χ4v) is 3.49. The van der Waals surface area contributed by atoms with E-state index < -0.39 is 5.91 Å². The van der Waals surface area contributed by atoms with Gasteiger partial charge in [0.2, 0.25) is 5.91 Å². The van der Waals surface area contributed by atoms with Crippen LogP contribution in [0.5, 0.6) is 11.5 Å². The number of thiazole rings is 1. The number of ether oxygens (including phenoxy) is 1. The minimum absolute atomic E-state index is 0.322. The number of carbonyl (C=O) groups is 2. The maximum atomic E-state index is 13.4. The van der Waals surface area contributed by atoms with Gasteiger partial charge in [-0.1, -0.05) is 12.1 Å². The van der Waals surface area contributed by atoms with Crippen molar-refractivity contribution in [3.05, 3.63) is 95.1 Å². The van der Waals surface area contributed by atoms with Crippen LogP contribution in [-0.4, -0.2) is 16.8 Å². The number of rotatable bonds is 6. The van der Waals surface area contributed by atoms with Crippen molar-refractivity contribution in [2.24, 2.45) is 5.73 Å². The van der Waals surface area contributed by atoms with Gasteiger partial charge in [-0.05, 0) is 60.7 Å². The summed E-state index contributed by atoms with van der Waals surface area (Å²) in [6.45, 7) is 0. The van der Waals surface area contributed by atoms with Gasteiger partial charge in [0.15, 0.2) is 5.13 Å². The van der Waals surface area contributed by atoms with Gasteiger partial charge in [-0.15, -0.1) is 11.3 Å². The van der Waals surface area contributed by atoms with E-state index in [0.29, 0.717) is 39.0 Å². The molecule has 0 unspecified atom stereocenters. The quantitative estimate of drug-likeness (QED) is 0.443. The number of aromatic nitrogens is 1. The van der Waals surface area contributed by atoms with Crippen molar-refractivity contribution in [2.75, 3.05) is 5.32 Å². The van der Waals surface area contributed by atoms with Crippen molar-refractivity contribution in [3.63, 3.8) is 0 Å². The van der Waals surface area contributed by atoms with E-state index in [1.807, 2.05) is 0 Å². The molecule has 0 saturated heterocycles. The molecule has 1 heterocycles. The summed E-state index contributed by atoms with van der Waals surface area (Å²) in [6, 6.07) is 19.1. The topological polar surface area (TPSA) is 94.3 Å². The summed E-state index contributed by atoms with van der Waals surface area (Å²) in [5, 5.41) is 4.91. The Labute approximate surface area is 181 Å². The van der Waals surface area contributed by atoms with Crippen molar-refractivity contribution in [3.8, 4) is 22.8 Å². The van der Waals surface area contributed by atoms with Crippen LogP contribution in [0, 0.1) is 5.82 Å². The minimum Gasteiger partial charge on any atom is -0.457 e. The molecular weight excluding hydrogens is 417 g/mol. The maximum Gasteiger partial charge on any atom is 0.257 e. The van der Waals surface area contributed by atoms with Crippen LogP contribution in [-0.2, 0) is 0 Å². The standard InChI is InChI=1S/C23H16FN3O3S/c24-17-3-1-2-16(12-17)20-13-31-23(26-20)27-22(29)15-6-10-19(11-7-15)30-18-8-4-14(5-9-18)21(25)28/h1-13H,(H2,25,28)(H,26,27,29). The van der Waals surface area contributed by atoms with Gasteiger partial charge in [0.1, 0.15) is 17.3 Å². The number of hydrogen-bond donors (Lipinski definition) is 2. The summed E-state index contributed by atoms with van der Waals surface area (Å²) in [6.07, 6.45) is 0. The number of amides is 2. The first-order valence-electron chi connectivity index (χ1n) is 9.18. The Balaban J connectivity index is 1.40. The molecule has 0 aliphatic carbocycles. The highest BCUT2D eigenvalue weighted by atomic mass is 32.1. The van der Waals surface area contributed by atoms with Crippen molar-refractivity contribution in [1.82, 2.24) is 4.98 Å². The lowest BCUT2D eigenvalue weighted by atomic mass is 10.2. The van der Waals surface area contributed by atoms with Crippen LogP contribution < -0.4 is 15.8 Å². The van der Waals surface area contributed by atoms with Gasteiger partial charge < -0.3 is 10.5 Å². The predicted molar refractivity (Wildman–Crippen MR) is 117 cm³/mol. The van der Waals surface area contributed by atoms with Crippen LogP contribution >= 0.6 is 11.3 Å². The Kier molecular flexibility index (Phi) is 5.72. The summed E-state index contributed by atoms with van der Waals surface area (Å²) in [5.41, 5.74) is 7.27. The molecule has 3 aromatic carbocycles. The van der Waals surface area contributed by atoms with Crippen LogP contribution in [0.15, 0.2) is 78.2 Å². The van der Waals surface area contributed by atoms with E-state index in [0.717, 1.165) is 0 Å². The summed E-state index contributed by atoms with van der Waals surface area (Å²) in [7, 11) is 0. The molecule has 2 amide bonds. The molecule has 0 radical (unpaired) electrons. The number of carbonyl (C=O) groups excluding carboxylic acids is 2. The molecule has 0 aliphatic rings. The normalized spacial score (nSPS) is 10.5. The van der Waals surface area contributed by atoms with Crippen LogP contribution in [0.3, 0.4) is 0 Å². The smallest absolute Gasteiger partial charge is 0.257 e. The Morgan fingerprint density at radius 2 is 1.58 bits per heavy atom. The first kappa shape index (κ1) is 20.2. The molecule has 0 aliphatic heterocycles. The first-order chi connectivity index (χ1) is 15.0. The highest BCUT2D eigenvalue weighted by Gasteiger charge is 2.11. The Hall–Kier alpha value is -4.04. The van der Waals surface area contributed by atoms with Gasteiger partial charge in [0, 0.05) is 22.1 Å². The van der Waals surface area contributed by atoms with Gasteiger partial charge in [-0.3, -0.25) is 14.9 Å². The highest BCUT2D eigenvalue weighted by Crippen LogP contribution is 2.26. The molecule has 1 aromatic heterocycles. The number of anilines is 1. The molecule has 0 saturated carbocycles. The van der Waals surface area contributed by atoms with Gasteiger partial charge in [-0.2, -0.15) is 0 Å². The molecular formula is C23H16FN3O3S. The van der Waals surface area contributed by atoms with E-state index in [4.69, 9.17) is 10.5 Å². The second-order valence-corrected chi connectivity index (χ2v) is 7.38. The molecule has 0 bridgehead atoms. The molecule has 4 rings (SSSR count). The maximum absolute atomic E-state index is 13.4. The summed E-state index contributed by atoms with van der Waals surface area (Å²) in [4.78, 5) is 28.0. The molecule has 0 fully saturated rings. The van der Waals surface area contributed by atoms with Gasteiger partial charge >= 0.3 is 0 Å². The third-order valence-corrected chi connectivity index (χ3v) is 5.09. The molecule has 154 valence electrons. The van der Waals surface area contributed by atoms with E-state index in [9.17, 15) is 14.0 Å². The predicted octanol–water partition coefficient (Wildman–Crippen LogP) is 5.09. The zero-order valence-electron chi connectivity index (χ0n) is 16.0. The minimum atomic E-state index is -0.509. The van der Waals surface area contributed by atoms with Crippen molar-refractivity contribution in [2.45, 2.75) is 0 Å². The Morgan fingerprint density at radius 1 is 0.935 bits per heavy atom. The van der Waals surface area contributed by atoms with Crippen LogP contribution in [0.2, 0.25) is 0 Å². The van der Waals surface area contributed by atoms with Crippen molar-refractivity contribution in [1.29, 1.82) is 0 Å². The molecule has 31 heavy (non-hydrogen) atoms. The fourth-order valence-electron chi connectivity index (χ4n) is 2.78. The van der Waals surface area contributed by atoms with Gasteiger partial charge in [-0.25, -0.2) is 9.37 Å². The van der Waals surface area contributed by atoms with Gasteiger partial charge in [0.05, 0.1) is 5.69 Å². The zero-order chi connectivity index (χ0) is 21.8. The van der Waals surface area contributed by atoms with Gasteiger partial charge in [0.25, 0.3) is 5.91 Å². The lowest BCUT2D eigenvalue weighted by Crippen LogP contribution is -2.11. The largest absolute Gasteiger partial charge is 0.457 e. The first-order valence-corrected chi connectivity index (χ1v) is 10.1. The molecule has 4 aromatic rings. The van der Waals surface area contributed by atoms with Crippen LogP contribution in [0.4, 0.5) is 9.52 Å². The van der Waals surface area contributed by atoms with E-state index in [-0.39, 0.29) is 11.7 Å². The van der Waals surface area contributed by atoms with E-state index in [1.54, 1.807) is 66.0 Å². The average Bonchev–Trinajstić information content (AvgIpc) is 3.23. The number of primary amides is 1. The average molecular weight is 433 g/mol. The number of benzene rings is 3. The Morgan fingerprint density at radius 3 is 2.19 bits per heavy atom. The zero-order valence-corrected chi connectivity index (χ0v) is 16.9. The van der Waals surface area contributed by atoms with Crippen molar-refractivity contribution < 1.29 is 18.7 Å². The highest BCUT2D eigenvalue weighted by molar-refractivity contribution is 7.14. The third kappa shape index (κ3) is 4.93. The SMILES string of the molecule is NC(=O)c1ccc(Oc2ccc(C(=O)Nc3nc(-c4cccc(F)c4)cs3)cc2)cc1. The lowest BCUT2D eigenvalue weighted by molar-refractivity contribution is 0.0997. The van der Waals surface area contributed by atoms with Crippen LogP contribution in [0.1, 0.15) is 20.7 Å². The number of nitrogens with zero attached hydrogens (tertiary/aromatic N) is 1. The number of hydrogen-bond acceptors (Lipinski definition) is 5. The number of halogens is 1. The van der Waals surface area contributed by atoms with E-state index in [1.165, 1.54) is 23.5 Å². The second kappa shape index (κ2) is 8.76. The number of nitrogens with two attached hydrogens (primary N) is 1. The summed E-state index contributed by atoms with van der Waals surface area (Å²) < 4.78 is 19.1. The molecule has 3 N–H and O–H groups in total. The molecule has 0 atom stereocenters. The second-order valence-electron chi connectivity index (χ2n) is 6.52. The van der Waals surface area contributed by atoms with E-state index >= 15 is 0 Å². The lowest BCUT2D eigenvalue weighted by Gasteiger charge is -2.07. The number of nitrogens with one attached hydrogen (secondary N) is 1. The monoisotopic (exact) mass is 433 g/mol. The molecule has 8 heteroatoms. The van der Waals surface area contributed by atoms with Crippen molar-refractivity contribution >= 4 is 28.3 Å².